The minimum atomic E-state index is -0.404. The number of nitrogens with zero attached hydrogens (tertiary/aromatic N) is 4. The van der Waals surface area contributed by atoms with Gasteiger partial charge in [-0.05, 0) is 32.3 Å². The van der Waals surface area contributed by atoms with Gasteiger partial charge < -0.3 is 29.7 Å². The molecule has 12 nitrogen and oxygen atoms in total. The van der Waals surface area contributed by atoms with Crippen LogP contribution in [0.15, 0.2) is 49.2 Å². The van der Waals surface area contributed by atoms with Gasteiger partial charge in [0.2, 0.25) is 17.7 Å². The molecule has 2 aromatic carbocycles. The Kier molecular flexibility index (Phi) is 8.48. The molecule has 3 N–H and O–H groups in total. The van der Waals surface area contributed by atoms with Crippen LogP contribution in [0.4, 0.5) is 23.0 Å². The molecule has 0 radical (unpaired) electrons. The Balaban J connectivity index is 1.60. The maximum atomic E-state index is 12.1. The van der Waals surface area contributed by atoms with Crippen LogP contribution in [0.5, 0.6) is 23.1 Å². The number of hydrogen-bond acceptors (Lipinski definition) is 11. The third kappa shape index (κ3) is 6.42. The third-order valence-electron chi connectivity index (χ3n) is 5.32. The van der Waals surface area contributed by atoms with E-state index in [9.17, 15) is 10.0 Å². The lowest BCUT2D eigenvalue weighted by Crippen LogP contribution is -2.20. The van der Waals surface area contributed by atoms with E-state index in [4.69, 9.17) is 30.6 Å². The zero-order chi connectivity index (χ0) is 27.2. The predicted octanol–water partition coefficient (Wildman–Crippen LogP) is 4.38. The number of anilines is 4. The third-order valence-corrected chi connectivity index (χ3v) is 5.58. The smallest absolute Gasteiger partial charge is 0.247 e. The van der Waals surface area contributed by atoms with E-state index in [1.54, 1.807) is 30.3 Å². The van der Waals surface area contributed by atoms with E-state index in [1.807, 2.05) is 19.0 Å². The van der Waals surface area contributed by atoms with Gasteiger partial charge in [0.15, 0.2) is 0 Å². The van der Waals surface area contributed by atoms with Crippen molar-refractivity contribution in [2.24, 2.45) is 0 Å². The molecule has 38 heavy (non-hydrogen) atoms. The van der Waals surface area contributed by atoms with Crippen LogP contribution in [0.2, 0.25) is 5.02 Å². The lowest BCUT2D eigenvalue weighted by Gasteiger charge is -2.18. The number of hydrogen-bond donors (Lipinski definition) is 3. The van der Waals surface area contributed by atoms with E-state index in [0.29, 0.717) is 52.7 Å². The Morgan fingerprint density at radius 3 is 2.84 bits per heavy atom. The summed E-state index contributed by atoms with van der Waals surface area (Å²) in [5.74, 6) is 1.05. The van der Waals surface area contributed by atoms with Crippen molar-refractivity contribution < 1.29 is 29.0 Å². The minimum Gasteiger partial charge on any atom is -0.494 e. The first-order chi connectivity index (χ1) is 18.3. The lowest BCUT2D eigenvalue weighted by atomic mass is 10.2. The Morgan fingerprint density at radius 1 is 1.29 bits per heavy atom. The number of carbonyl (C=O) groups is 1. The fourth-order valence-corrected chi connectivity index (χ4v) is 3.52. The van der Waals surface area contributed by atoms with Gasteiger partial charge in [-0.3, -0.25) is 10.0 Å². The molecular formula is C25H27ClN6O6. The van der Waals surface area contributed by atoms with Crippen molar-refractivity contribution >= 4 is 40.5 Å². The highest BCUT2D eigenvalue weighted by Gasteiger charge is 2.20. The summed E-state index contributed by atoms with van der Waals surface area (Å²) in [6, 6.07) is 8.36. The summed E-state index contributed by atoms with van der Waals surface area (Å²) in [5.41, 5.74) is 2.11. The predicted molar refractivity (Wildman–Crippen MR) is 142 cm³/mol. The number of aromatic nitrogens is 2. The molecule has 0 spiro atoms. The monoisotopic (exact) mass is 542 g/mol. The van der Waals surface area contributed by atoms with Crippen LogP contribution in [0.3, 0.4) is 0 Å². The van der Waals surface area contributed by atoms with Gasteiger partial charge in [0.25, 0.3) is 0 Å². The van der Waals surface area contributed by atoms with Crippen molar-refractivity contribution in [3.05, 3.63) is 59.8 Å². The average molecular weight is 543 g/mol. The van der Waals surface area contributed by atoms with E-state index < -0.39 is 5.91 Å². The summed E-state index contributed by atoms with van der Waals surface area (Å²) in [7, 11) is 5.37. The molecule has 0 saturated carbocycles. The molecule has 0 saturated heterocycles. The zero-order valence-electron chi connectivity index (χ0n) is 21.0. The minimum absolute atomic E-state index is 0.0790. The van der Waals surface area contributed by atoms with E-state index >= 15 is 0 Å². The van der Waals surface area contributed by atoms with E-state index in [2.05, 4.69) is 27.2 Å². The van der Waals surface area contributed by atoms with Gasteiger partial charge in [-0.2, -0.15) is 4.98 Å². The molecule has 0 aliphatic carbocycles. The first kappa shape index (κ1) is 26.9. The van der Waals surface area contributed by atoms with Crippen molar-refractivity contribution in [2.75, 3.05) is 50.2 Å². The number of benzene rings is 2. The molecule has 0 fully saturated rings. The van der Waals surface area contributed by atoms with Crippen molar-refractivity contribution in [2.45, 2.75) is 6.61 Å². The number of ether oxygens (including phenoxy) is 3. The standard InChI is InChI=1S/C25H27ClN6O6/c1-5-23(33)28-19-11-18(21(35-4)12-22(19)36-9-8-31(2)3)29-25-27-13-17(26)24(30-25)38-16-7-6-15-14-37-32(34)20(15)10-16/h5-7,10-13,34H,1,8-9,14H2,2-4H3,(H,28,33)(H,27,29,30). The highest BCUT2D eigenvalue weighted by molar-refractivity contribution is 6.31. The van der Waals surface area contributed by atoms with Gasteiger partial charge >= 0.3 is 0 Å². The molecule has 1 aromatic heterocycles. The summed E-state index contributed by atoms with van der Waals surface area (Å²) >= 11 is 6.28. The first-order valence-electron chi connectivity index (χ1n) is 11.4. The van der Waals surface area contributed by atoms with Crippen molar-refractivity contribution in [1.82, 2.24) is 14.9 Å². The van der Waals surface area contributed by atoms with E-state index in [-0.39, 0.29) is 23.5 Å². The number of halogens is 1. The highest BCUT2D eigenvalue weighted by Crippen LogP contribution is 2.39. The van der Waals surface area contributed by atoms with Crippen LogP contribution in [0.1, 0.15) is 5.56 Å². The molecule has 1 amide bonds. The van der Waals surface area contributed by atoms with Crippen molar-refractivity contribution in [3.8, 4) is 23.1 Å². The normalized spacial score (nSPS) is 12.2. The van der Waals surface area contributed by atoms with Gasteiger partial charge in [0, 0.05) is 24.2 Å². The molecule has 1 aliphatic heterocycles. The van der Waals surface area contributed by atoms with Gasteiger partial charge in [0.05, 0.1) is 24.7 Å². The fourth-order valence-electron chi connectivity index (χ4n) is 3.39. The van der Waals surface area contributed by atoms with Crippen LogP contribution < -0.4 is 30.1 Å². The highest BCUT2D eigenvalue weighted by atomic mass is 35.5. The molecule has 0 bridgehead atoms. The Labute approximate surface area is 224 Å². The first-order valence-corrected chi connectivity index (χ1v) is 11.8. The molecule has 2 heterocycles. The summed E-state index contributed by atoms with van der Waals surface area (Å²) in [6.45, 7) is 4.82. The second-order valence-corrected chi connectivity index (χ2v) is 8.71. The largest absolute Gasteiger partial charge is 0.494 e. The second-order valence-electron chi connectivity index (χ2n) is 8.30. The summed E-state index contributed by atoms with van der Waals surface area (Å²) < 4.78 is 17.3. The van der Waals surface area contributed by atoms with Crippen LogP contribution in [-0.4, -0.2) is 60.3 Å². The number of amides is 1. The summed E-state index contributed by atoms with van der Waals surface area (Å²) in [5, 5.41) is 16.5. The zero-order valence-corrected chi connectivity index (χ0v) is 21.8. The van der Waals surface area contributed by atoms with Crippen LogP contribution in [0, 0.1) is 0 Å². The quantitative estimate of drug-likeness (QED) is 0.298. The summed E-state index contributed by atoms with van der Waals surface area (Å²) in [6.07, 6.45) is 2.54. The molecule has 0 unspecified atom stereocenters. The maximum absolute atomic E-state index is 12.1. The van der Waals surface area contributed by atoms with Crippen LogP contribution in [0.25, 0.3) is 0 Å². The summed E-state index contributed by atoms with van der Waals surface area (Å²) in [4.78, 5) is 27.7. The van der Waals surface area contributed by atoms with Gasteiger partial charge in [-0.25, -0.2) is 9.82 Å². The number of methoxy groups -OCH3 is 1. The molecule has 200 valence electrons. The second kappa shape index (κ2) is 12.0. The number of nitrogens with one attached hydrogen (secondary N) is 2. The number of fused-ring (bicyclic) bond motifs is 1. The Bertz CT molecular complexity index is 1340. The molecule has 13 heteroatoms. The van der Waals surface area contributed by atoms with Gasteiger partial charge in [0.1, 0.15) is 41.2 Å². The van der Waals surface area contributed by atoms with Gasteiger partial charge in [-0.1, -0.05) is 24.2 Å². The average Bonchev–Trinajstić information content (AvgIpc) is 3.26. The molecule has 0 atom stereocenters. The van der Waals surface area contributed by atoms with Gasteiger partial charge in [-0.15, -0.1) is 5.23 Å². The number of likely N-dealkylation sites (N-methyl/N-ethyl adjacent to an activating group) is 1. The number of rotatable bonds is 11. The maximum Gasteiger partial charge on any atom is 0.247 e. The number of carbonyl (C=O) groups excluding carboxylic acids is 1. The van der Waals surface area contributed by atoms with Crippen molar-refractivity contribution in [1.29, 1.82) is 0 Å². The van der Waals surface area contributed by atoms with Crippen molar-refractivity contribution in [3.63, 3.8) is 0 Å². The molecule has 1 aliphatic rings. The topological polar surface area (TPSA) is 131 Å². The molecular weight excluding hydrogens is 516 g/mol. The fraction of sp³-hybridized carbons (Fsp3) is 0.240. The Hall–Kier alpha value is -4.10. The van der Waals surface area contributed by atoms with Crippen LogP contribution >= 0.6 is 11.6 Å². The Morgan fingerprint density at radius 2 is 2.11 bits per heavy atom. The van der Waals surface area contributed by atoms with Crippen LogP contribution in [-0.2, 0) is 16.2 Å². The lowest BCUT2D eigenvalue weighted by molar-refractivity contribution is -0.111. The SMILES string of the molecule is C=CC(=O)Nc1cc(Nc2ncc(Cl)c(Oc3ccc4c(c3)N(O)OC4)n2)c(OC)cc1OCCN(C)C. The molecule has 3 aromatic rings. The van der Waals surface area contributed by atoms with E-state index in [1.165, 1.54) is 13.3 Å². The molecule has 4 rings (SSSR count). The van der Waals surface area contributed by atoms with E-state index in [0.717, 1.165) is 11.6 Å².